The van der Waals surface area contributed by atoms with Crippen LogP contribution in [-0.4, -0.2) is 20.6 Å². The van der Waals surface area contributed by atoms with Gasteiger partial charge in [-0.1, -0.05) is 17.3 Å². The lowest BCUT2D eigenvalue weighted by atomic mass is 10.1. The van der Waals surface area contributed by atoms with Gasteiger partial charge in [-0.2, -0.15) is 4.98 Å². The van der Waals surface area contributed by atoms with Crippen molar-refractivity contribution in [3.63, 3.8) is 0 Å². The zero-order chi connectivity index (χ0) is 19.1. The molecule has 3 aromatic rings. The van der Waals surface area contributed by atoms with Gasteiger partial charge in [0.25, 0.3) is 5.89 Å². The normalized spacial score (nSPS) is 13.8. The van der Waals surface area contributed by atoms with E-state index in [1.165, 1.54) is 0 Å². The predicted molar refractivity (Wildman–Crippen MR) is 104 cm³/mol. The Kier molecular flexibility index (Phi) is 4.34. The highest BCUT2D eigenvalue weighted by molar-refractivity contribution is 5.91. The summed E-state index contributed by atoms with van der Waals surface area (Å²) < 4.78 is 7.44. The third-order valence-electron chi connectivity index (χ3n) is 5.37. The van der Waals surface area contributed by atoms with Crippen LogP contribution in [0.15, 0.2) is 28.8 Å². The maximum Gasteiger partial charge on any atom is 0.259 e. The number of nitrogens with zero attached hydrogens (tertiary/aromatic N) is 3. The van der Waals surface area contributed by atoms with Gasteiger partial charge >= 0.3 is 0 Å². The molecule has 4 rings (SSSR count). The molecule has 6 nitrogen and oxygen atoms in total. The predicted octanol–water partition coefficient (Wildman–Crippen LogP) is 4.29. The van der Waals surface area contributed by atoms with Crippen molar-refractivity contribution in [1.29, 1.82) is 0 Å². The molecule has 2 aromatic heterocycles. The average Bonchev–Trinajstić information content (AvgIpc) is 3.31. The minimum absolute atomic E-state index is 0.0544. The summed E-state index contributed by atoms with van der Waals surface area (Å²) in [4.78, 5) is 17.1. The molecule has 1 N–H and O–H groups in total. The van der Waals surface area contributed by atoms with Gasteiger partial charge in [0.1, 0.15) is 6.54 Å². The van der Waals surface area contributed by atoms with Crippen molar-refractivity contribution in [3.05, 3.63) is 52.6 Å². The van der Waals surface area contributed by atoms with Gasteiger partial charge in [-0.05, 0) is 63.8 Å². The zero-order valence-corrected chi connectivity index (χ0v) is 16.2. The number of anilines is 1. The summed E-state index contributed by atoms with van der Waals surface area (Å²) in [6.07, 6.45) is 2.27. The van der Waals surface area contributed by atoms with Gasteiger partial charge in [-0.3, -0.25) is 4.79 Å². The number of benzene rings is 1. The minimum Gasteiger partial charge on any atom is -0.339 e. The Balaban J connectivity index is 1.54. The van der Waals surface area contributed by atoms with E-state index in [1.807, 2.05) is 56.5 Å². The van der Waals surface area contributed by atoms with Crippen LogP contribution < -0.4 is 5.32 Å². The van der Waals surface area contributed by atoms with Crippen molar-refractivity contribution in [3.8, 4) is 11.5 Å². The molecule has 140 valence electrons. The lowest BCUT2D eigenvalue weighted by molar-refractivity contribution is -0.116. The first kappa shape index (κ1) is 17.5. The molecule has 0 spiro atoms. The SMILES string of the molecule is Cc1cccc(NC(=O)Cn2c(C)cc(-c3nc(C4CC4)no3)c2C)c1C. The molecule has 0 unspecified atom stereocenters. The summed E-state index contributed by atoms with van der Waals surface area (Å²) in [7, 11) is 0. The molecule has 27 heavy (non-hydrogen) atoms. The first-order valence-electron chi connectivity index (χ1n) is 9.31. The van der Waals surface area contributed by atoms with E-state index in [-0.39, 0.29) is 12.5 Å². The van der Waals surface area contributed by atoms with Crippen LogP contribution >= 0.6 is 0 Å². The smallest absolute Gasteiger partial charge is 0.259 e. The van der Waals surface area contributed by atoms with Gasteiger partial charge in [0.15, 0.2) is 5.82 Å². The number of amides is 1. The summed E-state index contributed by atoms with van der Waals surface area (Å²) in [5.74, 6) is 1.73. The molecule has 0 saturated heterocycles. The van der Waals surface area contributed by atoms with Crippen LogP contribution in [0.4, 0.5) is 5.69 Å². The Morgan fingerprint density at radius 1 is 1.26 bits per heavy atom. The first-order valence-corrected chi connectivity index (χ1v) is 9.31. The highest BCUT2D eigenvalue weighted by atomic mass is 16.5. The van der Waals surface area contributed by atoms with Crippen molar-refractivity contribution in [2.75, 3.05) is 5.32 Å². The fourth-order valence-corrected chi connectivity index (χ4v) is 3.33. The lowest BCUT2D eigenvalue weighted by Gasteiger charge is -2.13. The Labute approximate surface area is 158 Å². The Hall–Kier alpha value is -2.89. The zero-order valence-electron chi connectivity index (χ0n) is 16.2. The number of carbonyl (C=O) groups is 1. The molecule has 1 aromatic carbocycles. The second kappa shape index (κ2) is 6.68. The molecule has 0 bridgehead atoms. The van der Waals surface area contributed by atoms with Crippen LogP contribution in [0.2, 0.25) is 0 Å². The number of nitrogens with one attached hydrogen (secondary N) is 1. The van der Waals surface area contributed by atoms with Gasteiger partial charge in [0.05, 0.1) is 5.56 Å². The van der Waals surface area contributed by atoms with Gasteiger partial charge < -0.3 is 14.4 Å². The number of hydrogen-bond acceptors (Lipinski definition) is 4. The van der Waals surface area contributed by atoms with E-state index >= 15 is 0 Å². The van der Waals surface area contributed by atoms with E-state index < -0.39 is 0 Å². The average molecular weight is 364 g/mol. The van der Waals surface area contributed by atoms with Crippen LogP contribution in [0.3, 0.4) is 0 Å². The first-order chi connectivity index (χ1) is 12.9. The second-order valence-corrected chi connectivity index (χ2v) is 7.40. The van der Waals surface area contributed by atoms with E-state index in [1.54, 1.807) is 0 Å². The molecule has 1 amide bonds. The number of carbonyl (C=O) groups excluding carboxylic acids is 1. The topological polar surface area (TPSA) is 73.0 Å². The van der Waals surface area contributed by atoms with E-state index in [2.05, 4.69) is 15.5 Å². The van der Waals surface area contributed by atoms with Crippen molar-refractivity contribution in [2.24, 2.45) is 0 Å². The largest absolute Gasteiger partial charge is 0.339 e. The number of hydrogen-bond donors (Lipinski definition) is 1. The summed E-state index contributed by atoms with van der Waals surface area (Å²) in [6, 6.07) is 7.93. The highest BCUT2D eigenvalue weighted by Crippen LogP contribution is 2.39. The second-order valence-electron chi connectivity index (χ2n) is 7.40. The highest BCUT2D eigenvalue weighted by Gasteiger charge is 2.29. The fraction of sp³-hybridized carbons (Fsp3) is 0.381. The Bertz CT molecular complexity index is 1010. The number of aromatic nitrogens is 3. The molecule has 1 saturated carbocycles. The Morgan fingerprint density at radius 3 is 2.78 bits per heavy atom. The van der Waals surface area contributed by atoms with Crippen LogP contribution in [0.1, 0.15) is 47.1 Å². The fourth-order valence-electron chi connectivity index (χ4n) is 3.33. The summed E-state index contributed by atoms with van der Waals surface area (Å²) in [5.41, 5.74) is 5.94. The maximum atomic E-state index is 12.6. The van der Waals surface area contributed by atoms with E-state index in [9.17, 15) is 4.79 Å². The molecule has 0 radical (unpaired) electrons. The molecule has 1 fully saturated rings. The van der Waals surface area contributed by atoms with Crippen molar-refractivity contribution >= 4 is 11.6 Å². The Morgan fingerprint density at radius 2 is 2.04 bits per heavy atom. The van der Waals surface area contributed by atoms with Gasteiger partial charge in [-0.25, -0.2) is 0 Å². The molecule has 2 heterocycles. The van der Waals surface area contributed by atoms with Gasteiger partial charge in [0, 0.05) is 23.0 Å². The lowest BCUT2D eigenvalue weighted by Crippen LogP contribution is -2.20. The van der Waals surface area contributed by atoms with Gasteiger partial charge in [0.2, 0.25) is 5.91 Å². The molecule has 0 aliphatic heterocycles. The monoisotopic (exact) mass is 364 g/mol. The molecular formula is C21H24N4O2. The molecule has 0 atom stereocenters. The van der Waals surface area contributed by atoms with Crippen molar-refractivity contribution in [1.82, 2.24) is 14.7 Å². The quantitative estimate of drug-likeness (QED) is 0.733. The number of aryl methyl sites for hydroxylation is 2. The minimum atomic E-state index is -0.0544. The molecule has 1 aliphatic rings. The third-order valence-corrected chi connectivity index (χ3v) is 5.37. The van der Waals surface area contributed by atoms with Crippen molar-refractivity contribution in [2.45, 2.75) is 53.0 Å². The summed E-state index contributed by atoms with van der Waals surface area (Å²) in [5, 5.41) is 7.11. The van der Waals surface area contributed by atoms with Crippen LogP contribution in [0, 0.1) is 27.7 Å². The van der Waals surface area contributed by atoms with Gasteiger partial charge in [-0.15, -0.1) is 0 Å². The molecular weight excluding hydrogens is 340 g/mol. The van der Waals surface area contributed by atoms with Crippen LogP contribution in [-0.2, 0) is 11.3 Å². The standard InChI is InChI=1S/C21H24N4O2/c1-12-6-5-7-18(14(12)3)22-19(26)11-25-13(2)10-17(15(25)4)21-23-20(24-27-21)16-8-9-16/h5-7,10,16H,8-9,11H2,1-4H3,(H,22,26). The maximum absolute atomic E-state index is 12.6. The summed E-state index contributed by atoms with van der Waals surface area (Å²) >= 11 is 0. The van der Waals surface area contributed by atoms with Crippen LogP contribution in [0.5, 0.6) is 0 Å². The van der Waals surface area contributed by atoms with E-state index in [4.69, 9.17) is 4.52 Å². The summed E-state index contributed by atoms with van der Waals surface area (Å²) in [6.45, 7) is 8.27. The van der Waals surface area contributed by atoms with Crippen LogP contribution in [0.25, 0.3) is 11.5 Å². The van der Waals surface area contributed by atoms with E-state index in [0.717, 1.165) is 52.4 Å². The van der Waals surface area contributed by atoms with E-state index in [0.29, 0.717) is 11.8 Å². The third kappa shape index (κ3) is 3.39. The molecule has 6 heteroatoms. The van der Waals surface area contributed by atoms with Crippen molar-refractivity contribution < 1.29 is 9.32 Å². The molecule has 1 aliphatic carbocycles. The number of rotatable bonds is 5.